The molecule has 0 saturated heterocycles. The van der Waals surface area contributed by atoms with Crippen molar-refractivity contribution in [1.29, 1.82) is 0 Å². The topological polar surface area (TPSA) is 107 Å². The zero-order valence-electron chi connectivity index (χ0n) is 18.5. The number of rotatable bonds is 9. The number of sulfonamides is 1. The second kappa shape index (κ2) is 9.68. The Morgan fingerprint density at radius 2 is 2.00 bits per heavy atom. The standard InChI is InChI=1S/C24H26N2O6S/c1-3-30-22-12-18-10-16(2)32-23(18)13-19(22)14-25-24(27)17-6-4-8-21(11-17)33(28,29)26-15-20-7-5-9-31-20/h4-9,11-13,16,26H,3,10,14-15H2,1-2H3,(H,25,27)/t16-/m0/s1. The van der Waals surface area contributed by atoms with Crippen molar-refractivity contribution in [3.63, 3.8) is 0 Å². The molecule has 0 aliphatic carbocycles. The van der Waals surface area contributed by atoms with Crippen LogP contribution in [0.2, 0.25) is 0 Å². The van der Waals surface area contributed by atoms with Gasteiger partial charge in [0, 0.05) is 29.7 Å². The summed E-state index contributed by atoms with van der Waals surface area (Å²) in [6, 6.07) is 13.1. The number of furan rings is 1. The fourth-order valence-corrected chi connectivity index (χ4v) is 4.69. The van der Waals surface area contributed by atoms with Gasteiger partial charge in [-0.05, 0) is 56.3 Å². The molecule has 2 N–H and O–H groups in total. The molecule has 9 heteroatoms. The van der Waals surface area contributed by atoms with Gasteiger partial charge in [-0.2, -0.15) is 0 Å². The molecule has 3 aromatic rings. The quantitative estimate of drug-likeness (QED) is 0.496. The third-order valence-electron chi connectivity index (χ3n) is 5.24. The highest BCUT2D eigenvalue weighted by Crippen LogP contribution is 2.35. The molecule has 1 amide bonds. The van der Waals surface area contributed by atoms with E-state index in [1.807, 2.05) is 26.0 Å². The van der Waals surface area contributed by atoms with E-state index in [9.17, 15) is 13.2 Å². The van der Waals surface area contributed by atoms with E-state index < -0.39 is 15.9 Å². The predicted octanol–water partition coefficient (Wildman–Crippen LogP) is 3.41. The van der Waals surface area contributed by atoms with Gasteiger partial charge in [0.25, 0.3) is 5.91 Å². The largest absolute Gasteiger partial charge is 0.494 e. The maximum atomic E-state index is 12.8. The Labute approximate surface area is 193 Å². The Morgan fingerprint density at radius 1 is 1.15 bits per heavy atom. The van der Waals surface area contributed by atoms with Crippen molar-refractivity contribution in [2.75, 3.05) is 6.61 Å². The van der Waals surface area contributed by atoms with Gasteiger partial charge in [0.2, 0.25) is 10.0 Å². The number of carbonyl (C=O) groups is 1. The van der Waals surface area contributed by atoms with Gasteiger partial charge in [-0.25, -0.2) is 13.1 Å². The van der Waals surface area contributed by atoms with Crippen LogP contribution in [0.3, 0.4) is 0 Å². The second-order valence-electron chi connectivity index (χ2n) is 7.75. The second-order valence-corrected chi connectivity index (χ2v) is 9.51. The maximum absolute atomic E-state index is 12.8. The van der Waals surface area contributed by atoms with Crippen molar-refractivity contribution >= 4 is 15.9 Å². The molecule has 0 radical (unpaired) electrons. The van der Waals surface area contributed by atoms with Crippen molar-refractivity contribution in [2.24, 2.45) is 0 Å². The van der Waals surface area contributed by atoms with Crippen LogP contribution in [0.15, 0.2) is 64.1 Å². The number of benzene rings is 2. The van der Waals surface area contributed by atoms with Crippen LogP contribution in [-0.4, -0.2) is 27.0 Å². The lowest BCUT2D eigenvalue weighted by Gasteiger charge is -2.14. The maximum Gasteiger partial charge on any atom is 0.251 e. The Bertz CT molecular complexity index is 1240. The van der Waals surface area contributed by atoms with Crippen molar-refractivity contribution in [3.05, 3.63) is 77.2 Å². The van der Waals surface area contributed by atoms with E-state index in [0.29, 0.717) is 18.1 Å². The number of ether oxygens (including phenoxy) is 2. The smallest absolute Gasteiger partial charge is 0.251 e. The van der Waals surface area contributed by atoms with Crippen LogP contribution in [0.5, 0.6) is 11.5 Å². The Balaban J connectivity index is 1.46. The van der Waals surface area contributed by atoms with Crippen LogP contribution < -0.4 is 19.5 Å². The number of hydrogen-bond donors (Lipinski definition) is 2. The highest BCUT2D eigenvalue weighted by Gasteiger charge is 2.22. The highest BCUT2D eigenvalue weighted by atomic mass is 32.2. The molecule has 0 saturated carbocycles. The predicted molar refractivity (Wildman–Crippen MR) is 122 cm³/mol. The summed E-state index contributed by atoms with van der Waals surface area (Å²) in [5.74, 6) is 1.60. The first-order valence-electron chi connectivity index (χ1n) is 10.7. The first-order valence-corrected chi connectivity index (χ1v) is 12.2. The van der Waals surface area contributed by atoms with Gasteiger partial charge < -0.3 is 19.2 Å². The first-order chi connectivity index (χ1) is 15.9. The van der Waals surface area contributed by atoms with Gasteiger partial charge >= 0.3 is 0 Å². The third kappa shape index (κ3) is 5.37. The van der Waals surface area contributed by atoms with Crippen LogP contribution in [0, 0.1) is 0 Å². The van der Waals surface area contributed by atoms with Crippen molar-refractivity contribution < 1.29 is 27.1 Å². The Kier molecular flexibility index (Phi) is 6.71. The lowest BCUT2D eigenvalue weighted by atomic mass is 10.1. The molecular formula is C24H26N2O6S. The van der Waals surface area contributed by atoms with E-state index >= 15 is 0 Å². The summed E-state index contributed by atoms with van der Waals surface area (Å²) >= 11 is 0. The molecule has 1 atom stereocenters. The van der Waals surface area contributed by atoms with Crippen molar-refractivity contribution in [3.8, 4) is 11.5 Å². The van der Waals surface area contributed by atoms with Gasteiger partial charge in [-0.1, -0.05) is 6.07 Å². The molecule has 2 aromatic carbocycles. The van der Waals surface area contributed by atoms with Crippen LogP contribution in [-0.2, 0) is 29.5 Å². The molecule has 8 nitrogen and oxygen atoms in total. The third-order valence-corrected chi connectivity index (χ3v) is 6.64. The Morgan fingerprint density at radius 3 is 2.76 bits per heavy atom. The number of fused-ring (bicyclic) bond motifs is 1. The van der Waals surface area contributed by atoms with E-state index in [2.05, 4.69) is 10.0 Å². The molecule has 1 aliphatic heterocycles. The van der Waals surface area contributed by atoms with Gasteiger partial charge in [0.15, 0.2) is 0 Å². The lowest BCUT2D eigenvalue weighted by Crippen LogP contribution is -2.25. The molecule has 0 spiro atoms. The zero-order chi connectivity index (χ0) is 23.4. The molecule has 174 valence electrons. The van der Waals surface area contributed by atoms with Gasteiger partial charge in [0.05, 0.1) is 24.3 Å². The van der Waals surface area contributed by atoms with E-state index in [1.54, 1.807) is 18.2 Å². The van der Waals surface area contributed by atoms with E-state index in [-0.39, 0.29) is 29.7 Å². The Hall–Kier alpha value is -3.30. The summed E-state index contributed by atoms with van der Waals surface area (Å²) in [7, 11) is -3.81. The lowest BCUT2D eigenvalue weighted by molar-refractivity contribution is 0.0950. The fraction of sp³-hybridized carbons (Fsp3) is 0.292. The van der Waals surface area contributed by atoms with Gasteiger partial charge in [-0.3, -0.25) is 4.79 Å². The molecule has 0 unspecified atom stereocenters. The SMILES string of the molecule is CCOc1cc2c(cc1CNC(=O)c1cccc(S(=O)(=O)NCc3ccco3)c1)O[C@@H](C)C2. The monoisotopic (exact) mass is 470 g/mol. The van der Waals surface area contributed by atoms with Gasteiger partial charge in [-0.15, -0.1) is 0 Å². The fourth-order valence-electron chi connectivity index (χ4n) is 3.65. The van der Waals surface area contributed by atoms with Crippen LogP contribution in [0.4, 0.5) is 0 Å². The van der Waals surface area contributed by atoms with Crippen LogP contribution in [0.25, 0.3) is 0 Å². The van der Waals surface area contributed by atoms with E-state index in [0.717, 1.165) is 23.3 Å². The molecule has 1 aromatic heterocycles. The molecule has 0 bridgehead atoms. The number of carbonyl (C=O) groups excluding carboxylic acids is 1. The normalized spacial score (nSPS) is 15.0. The average Bonchev–Trinajstić information content (AvgIpc) is 3.45. The summed E-state index contributed by atoms with van der Waals surface area (Å²) in [6.45, 7) is 4.64. The zero-order valence-corrected chi connectivity index (χ0v) is 19.3. The minimum atomic E-state index is -3.81. The molecule has 4 rings (SSSR count). The molecule has 1 aliphatic rings. The van der Waals surface area contributed by atoms with Crippen LogP contribution in [0.1, 0.15) is 41.1 Å². The summed E-state index contributed by atoms with van der Waals surface area (Å²) < 4.78 is 44.4. The summed E-state index contributed by atoms with van der Waals surface area (Å²) in [5.41, 5.74) is 2.11. The van der Waals surface area contributed by atoms with Crippen molar-refractivity contribution in [2.45, 2.75) is 44.4 Å². The number of amides is 1. The first kappa shape index (κ1) is 22.9. The summed E-state index contributed by atoms with van der Waals surface area (Å²) in [4.78, 5) is 12.8. The highest BCUT2D eigenvalue weighted by molar-refractivity contribution is 7.89. The minimum Gasteiger partial charge on any atom is -0.494 e. The molecular weight excluding hydrogens is 444 g/mol. The summed E-state index contributed by atoms with van der Waals surface area (Å²) in [5, 5.41) is 2.84. The minimum absolute atomic E-state index is 0.00312. The van der Waals surface area contributed by atoms with E-state index in [4.69, 9.17) is 13.9 Å². The van der Waals surface area contributed by atoms with Crippen LogP contribution >= 0.6 is 0 Å². The van der Waals surface area contributed by atoms with Crippen molar-refractivity contribution in [1.82, 2.24) is 10.0 Å². The molecule has 2 heterocycles. The molecule has 0 fully saturated rings. The van der Waals surface area contributed by atoms with Gasteiger partial charge in [0.1, 0.15) is 23.4 Å². The number of nitrogens with one attached hydrogen (secondary N) is 2. The van der Waals surface area contributed by atoms with E-state index in [1.165, 1.54) is 24.5 Å². The average molecular weight is 471 g/mol. The summed E-state index contributed by atoms with van der Waals surface area (Å²) in [6.07, 6.45) is 2.39. The molecule has 33 heavy (non-hydrogen) atoms. The number of hydrogen-bond acceptors (Lipinski definition) is 6.